The normalized spacial score (nSPS) is 12.7. The van der Waals surface area contributed by atoms with Gasteiger partial charge in [-0.05, 0) is 12.1 Å². The largest absolute Gasteiger partial charge is 0.346 e. The molecule has 0 spiro atoms. The second kappa shape index (κ2) is 3.36. The number of nitrogens with zero attached hydrogens (tertiary/aromatic N) is 1. The standard InChI is InChI=1S/C15H17NS/c1-15(2,3)13-9-12-14(16(13)4)10-7-5-6-8-11(10)17-12/h5-9H,1-4H3. The van der Waals surface area contributed by atoms with Crippen molar-refractivity contribution in [3.63, 3.8) is 0 Å². The van der Waals surface area contributed by atoms with Crippen molar-refractivity contribution < 1.29 is 0 Å². The third-order valence-electron chi connectivity index (χ3n) is 3.33. The van der Waals surface area contributed by atoms with E-state index in [-0.39, 0.29) is 5.41 Å². The van der Waals surface area contributed by atoms with Crippen LogP contribution in [0.2, 0.25) is 0 Å². The van der Waals surface area contributed by atoms with Crippen molar-refractivity contribution in [3.8, 4) is 0 Å². The van der Waals surface area contributed by atoms with Crippen LogP contribution in [0.3, 0.4) is 0 Å². The van der Waals surface area contributed by atoms with Crippen LogP contribution in [0.15, 0.2) is 30.3 Å². The first-order valence-electron chi connectivity index (χ1n) is 5.96. The number of thiophene rings is 1. The summed E-state index contributed by atoms with van der Waals surface area (Å²) >= 11 is 1.89. The molecule has 0 radical (unpaired) electrons. The van der Waals surface area contributed by atoms with E-state index in [1.807, 2.05) is 11.3 Å². The zero-order valence-electron chi connectivity index (χ0n) is 10.7. The molecule has 0 amide bonds. The lowest BCUT2D eigenvalue weighted by atomic mass is 9.92. The third-order valence-corrected chi connectivity index (χ3v) is 4.44. The summed E-state index contributed by atoms with van der Waals surface area (Å²) in [5.74, 6) is 0. The van der Waals surface area contributed by atoms with Gasteiger partial charge in [0.1, 0.15) is 0 Å². The smallest absolute Gasteiger partial charge is 0.0669 e. The first-order valence-corrected chi connectivity index (χ1v) is 6.77. The Morgan fingerprint density at radius 3 is 2.47 bits per heavy atom. The van der Waals surface area contributed by atoms with Gasteiger partial charge in [-0.15, -0.1) is 11.3 Å². The minimum Gasteiger partial charge on any atom is -0.346 e. The van der Waals surface area contributed by atoms with Crippen molar-refractivity contribution in [2.75, 3.05) is 0 Å². The molecule has 0 saturated carbocycles. The van der Waals surface area contributed by atoms with Gasteiger partial charge in [0.15, 0.2) is 0 Å². The van der Waals surface area contributed by atoms with E-state index in [4.69, 9.17) is 0 Å². The summed E-state index contributed by atoms with van der Waals surface area (Å²) < 4.78 is 5.14. The lowest BCUT2D eigenvalue weighted by Crippen LogP contribution is -2.15. The van der Waals surface area contributed by atoms with Crippen molar-refractivity contribution in [1.29, 1.82) is 0 Å². The second-order valence-corrected chi connectivity index (χ2v) is 6.73. The Labute approximate surface area is 106 Å². The average molecular weight is 243 g/mol. The molecule has 17 heavy (non-hydrogen) atoms. The molecule has 2 aromatic heterocycles. The molecule has 1 aromatic carbocycles. The first kappa shape index (κ1) is 10.8. The molecule has 0 unspecified atom stereocenters. The van der Waals surface area contributed by atoms with E-state index in [9.17, 15) is 0 Å². The maximum Gasteiger partial charge on any atom is 0.0669 e. The van der Waals surface area contributed by atoms with Crippen LogP contribution in [-0.4, -0.2) is 4.57 Å². The Morgan fingerprint density at radius 1 is 1.06 bits per heavy atom. The van der Waals surface area contributed by atoms with Gasteiger partial charge in [-0.25, -0.2) is 0 Å². The molecule has 0 atom stereocenters. The number of hydrogen-bond acceptors (Lipinski definition) is 1. The van der Waals surface area contributed by atoms with Gasteiger partial charge in [0.2, 0.25) is 0 Å². The summed E-state index contributed by atoms with van der Waals surface area (Å²) in [7, 11) is 2.18. The van der Waals surface area contributed by atoms with Gasteiger partial charge in [-0.1, -0.05) is 39.0 Å². The van der Waals surface area contributed by atoms with Crippen molar-refractivity contribution in [1.82, 2.24) is 4.57 Å². The van der Waals surface area contributed by atoms with E-state index >= 15 is 0 Å². The summed E-state index contributed by atoms with van der Waals surface area (Å²) in [6, 6.07) is 11.0. The monoisotopic (exact) mass is 243 g/mol. The van der Waals surface area contributed by atoms with Crippen LogP contribution in [-0.2, 0) is 12.5 Å². The van der Waals surface area contributed by atoms with Gasteiger partial charge in [-0.3, -0.25) is 0 Å². The molecule has 0 bridgehead atoms. The van der Waals surface area contributed by atoms with Gasteiger partial charge in [-0.2, -0.15) is 0 Å². The second-order valence-electron chi connectivity index (χ2n) is 5.65. The van der Waals surface area contributed by atoms with Crippen LogP contribution in [0.1, 0.15) is 26.5 Å². The number of hydrogen-bond donors (Lipinski definition) is 0. The summed E-state index contributed by atoms with van der Waals surface area (Å²) in [4.78, 5) is 0. The van der Waals surface area contributed by atoms with Gasteiger partial charge < -0.3 is 4.57 Å². The highest BCUT2D eigenvalue weighted by Crippen LogP contribution is 2.38. The zero-order chi connectivity index (χ0) is 12.2. The molecule has 0 aliphatic heterocycles. The van der Waals surface area contributed by atoms with E-state index in [0.29, 0.717) is 0 Å². The number of fused-ring (bicyclic) bond motifs is 3. The summed E-state index contributed by atoms with van der Waals surface area (Å²) in [6.45, 7) is 6.82. The molecule has 0 N–H and O–H groups in total. The molecule has 0 fully saturated rings. The van der Waals surface area contributed by atoms with E-state index in [2.05, 4.69) is 62.7 Å². The molecule has 1 nitrogen and oxygen atoms in total. The minimum atomic E-state index is 0.203. The van der Waals surface area contributed by atoms with Gasteiger partial charge in [0.05, 0.1) is 10.2 Å². The van der Waals surface area contributed by atoms with Gasteiger partial charge in [0, 0.05) is 28.2 Å². The average Bonchev–Trinajstić information content (AvgIpc) is 2.75. The lowest BCUT2D eigenvalue weighted by molar-refractivity contribution is 0.547. The van der Waals surface area contributed by atoms with E-state index in [1.54, 1.807) is 0 Å². The van der Waals surface area contributed by atoms with Crippen LogP contribution < -0.4 is 0 Å². The quantitative estimate of drug-likeness (QED) is 0.540. The molecular weight excluding hydrogens is 226 g/mol. The molecule has 2 heterocycles. The fourth-order valence-corrected chi connectivity index (χ4v) is 3.73. The summed E-state index contributed by atoms with van der Waals surface area (Å²) in [5, 5.41) is 1.38. The maximum atomic E-state index is 2.36. The van der Waals surface area contributed by atoms with Crippen LogP contribution in [0, 0.1) is 0 Å². The van der Waals surface area contributed by atoms with Crippen LogP contribution in [0.25, 0.3) is 20.3 Å². The fraction of sp³-hybridized carbons (Fsp3) is 0.333. The van der Waals surface area contributed by atoms with Crippen molar-refractivity contribution in [2.24, 2.45) is 7.05 Å². The van der Waals surface area contributed by atoms with E-state index < -0.39 is 0 Å². The highest BCUT2D eigenvalue weighted by Gasteiger charge is 2.21. The Hall–Kier alpha value is -1.28. The Balaban J connectivity index is 2.43. The summed E-state index contributed by atoms with van der Waals surface area (Å²) in [6.07, 6.45) is 0. The predicted molar refractivity (Wildman–Crippen MR) is 77.0 cm³/mol. The number of rotatable bonds is 0. The number of aromatic nitrogens is 1. The third kappa shape index (κ3) is 1.51. The highest BCUT2D eigenvalue weighted by molar-refractivity contribution is 7.25. The Morgan fingerprint density at radius 2 is 1.76 bits per heavy atom. The molecule has 2 heteroatoms. The number of aryl methyl sites for hydroxylation is 1. The molecule has 3 aromatic rings. The molecule has 88 valence electrons. The molecule has 0 aliphatic rings. The Bertz CT molecular complexity index is 695. The van der Waals surface area contributed by atoms with Gasteiger partial charge >= 0.3 is 0 Å². The zero-order valence-corrected chi connectivity index (χ0v) is 11.6. The maximum absolute atomic E-state index is 2.36. The topological polar surface area (TPSA) is 4.93 Å². The highest BCUT2D eigenvalue weighted by atomic mass is 32.1. The minimum absolute atomic E-state index is 0.203. The SMILES string of the molecule is Cn1c(C(C)(C)C)cc2sc3ccccc3c21. The van der Waals surface area contributed by atoms with Crippen molar-refractivity contribution in [2.45, 2.75) is 26.2 Å². The Kier molecular flexibility index (Phi) is 2.14. The molecular formula is C15H17NS. The van der Waals surface area contributed by atoms with E-state index in [1.165, 1.54) is 26.0 Å². The fourth-order valence-electron chi connectivity index (χ4n) is 2.56. The molecule has 3 rings (SSSR count). The van der Waals surface area contributed by atoms with Gasteiger partial charge in [0.25, 0.3) is 0 Å². The van der Waals surface area contributed by atoms with Crippen molar-refractivity contribution >= 4 is 31.6 Å². The van der Waals surface area contributed by atoms with E-state index in [0.717, 1.165) is 0 Å². The number of benzene rings is 1. The molecule has 0 saturated heterocycles. The summed E-state index contributed by atoms with van der Waals surface area (Å²) in [5.41, 5.74) is 2.99. The van der Waals surface area contributed by atoms with Crippen molar-refractivity contribution in [3.05, 3.63) is 36.0 Å². The predicted octanol–water partition coefficient (Wildman–Crippen LogP) is 4.69. The van der Waals surface area contributed by atoms with Crippen LogP contribution in [0.5, 0.6) is 0 Å². The first-order chi connectivity index (χ1) is 7.98. The van der Waals surface area contributed by atoms with Crippen LogP contribution in [0.4, 0.5) is 0 Å². The molecule has 0 aliphatic carbocycles. The van der Waals surface area contributed by atoms with Crippen LogP contribution >= 0.6 is 11.3 Å². The lowest BCUT2D eigenvalue weighted by Gasteiger charge is -2.19.